The standard InChI is InChI=1S/C21H17Cl2FN2O2S/c1-13(27)5-4-10-29-21-25-18(12-14-8-9-15(22)16(23)11-14)20(28)26(21)19-7-3-2-6-17(19)24/h2-3,6-9,11-12H,4-5,10H2,1H3/b18-12-. The van der Waals surface area contributed by atoms with E-state index in [1.54, 1.807) is 36.4 Å². The Bertz CT molecular complexity index is 1020. The normalized spacial score (nSPS) is 15.2. The molecule has 1 heterocycles. The van der Waals surface area contributed by atoms with Crippen LogP contribution in [0.1, 0.15) is 25.3 Å². The number of nitrogens with zero attached hydrogens (tertiary/aromatic N) is 2. The zero-order chi connectivity index (χ0) is 21.0. The number of rotatable bonds is 6. The molecule has 2 aromatic carbocycles. The van der Waals surface area contributed by atoms with Crippen molar-refractivity contribution in [3.63, 3.8) is 0 Å². The van der Waals surface area contributed by atoms with E-state index < -0.39 is 11.7 Å². The molecule has 0 unspecified atom stereocenters. The molecular weight excluding hydrogens is 434 g/mol. The van der Waals surface area contributed by atoms with Gasteiger partial charge in [-0.05, 0) is 49.2 Å². The van der Waals surface area contributed by atoms with Crippen molar-refractivity contribution in [2.75, 3.05) is 10.7 Å². The number of amidine groups is 1. The van der Waals surface area contributed by atoms with Crippen LogP contribution >= 0.6 is 35.0 Å². The molecule has 1 aliphatic rings. The van der Waals surface area contributed by atoms with Crippen molar-refractivity contribution in [2.45, 2.75) is 19.8 Å². The summed E-state index contributed by atoms with van der Waals surface area (Å²) >= 11 is 13.3. The minimum Gasteiger partial charge on any atom is -0.300 e. The Morgan fingerprint density at radius 2 is 1.97 bits per heavy atom. The van der Waals surface area contributed by atoms with E-state index in [-0.39, 0.29) is 17.2 Å². The zero-order valence-electron chi connectivity index (χ0n) is 15.5. The molecule has 0 radical (unpaired) electrons. The first-order chi connectivity index (χ1) is 13.9. The van der Waals surface area contributed by atoms with Crippen molar-refractivity contribution in [1.82, 2.24) is 0 Å². The Morgan fingerprint density at radius 3 is 2.66 bits per heavy atom. The van der Waals surface area contributed by atoms with Crippen LogP contribution in [0.25, 0.3) is 6.08 Å². The average molecular weight is 451 g/mol. The predicted octanol–water partition coefficient (Wildman–Crippen LogP) is 5.98. The summed E-state index contributed by atoms with van der Waals surface area (Å²) in [7, 11) is 0. The SMILES string of the molecule is CC(=O)CCCSC1=N/C(=C\c2ccc(Cl)c(Cl)c2)C(=O)N1c1ccccc1F. The van der Waals surface area contributed by atoms with Crippen LogP contribution < -0.4 is 4.90 Å². The first kappa shape index (κ1) is 21.6. The smallest absolute Gasteiger partial charge is 0.283 e. The van der Waals surface area contributed by atoms with Crippen molar-refractivity contribution >= 4 is 63.6 Å². The van der Waals surface area contributed by atoms with Crippen molar-refractivity contribution in [2.24, 2.45) is 4.99 Å². The molecule has 150 valence electrons. The lowest BCUT2D eigenvalue weighted by Gasteiger charge is -2.18. The molecule has 8 heteroatoms. The summed E-state index contributed by atoms with van der Waals surface area (Å²) in [4.78, 5) is 29.8. The quantitative estimate of drug-likeness (QED) is 0.401. The van der Waals surface area contributed by atoms with Gasteiger partial charge in [-0.25, -0.2) is 9.38 Å². The molecule has 0 fully saturated rings. The molecule has 1 amide bonds. The van der Waals surface area contributed by atoms with Crippen molar-refractivity contribution < 1.29 is 14.0 Å². The zero-order valence-corrected chi connectivity index (χ0v) is 17.8. The number of aliphatic imine (C=N–C) groups is 1. The molecule has 0 aromatic heterocycles. The van der Waals surface area contributed by atoms with Crippen LogP contribution in [-0.2, 0) is 9.59 Å². The van der Waals surface area contributed by atoms with E-state index in [2.05, 4.69) is 4.99 Å². The summed E-state index contributed by atoms with van der Waals surface area (Å²) in [6, 6.07) is 11.0. The van der Waals surface area contributed by atoms with Gasteiger partial charge >= 0.3 is 0 Å². The maximum Gasteiger partial charge on any atom is 0.283 e. The van der Waals surface area contributed by atoms with Crippen LogP contribution in [0.2, 0.25) is 10.0 Å². The third-order valence-electron chi connectivity index (χ3n) is 4.07. The number of ketones is 1. The fourth-order valence-electron chi connectivity index (χ4n) is 2.68. The van der Waals surface area contributed by atoms with Gasteiger partial charge in [0.25, 0.3) is 5.91 Å². The minimum atomic E-state index is -0.520. The lowest BCUT2D eigenvalue weighted by Crippen LogP contribution is -2.31. The van der Waals surface area contributed by atoms with Gasteiger partial charge in [-0.3, -0.25) is 9.69 Å². The molecule has 4 nitrogen and oxygen atoms in total. The molecule has 0 bridgehead atoms. The molecule has 0 aliphatic carbocycles. The number of amides is 1. The Kier molecular flexibility index (Phi) is 7.11. The van der Waals surface area contributed by atoms with Crippen LogP contribution in [0.15, 0.2) is 53.2 Å². The monoisotopic (exact) mass is 450 g/mol. The third-order valence-corrected chi connectivity index (χ3v) is 5.84. The van der Waals surface area contributed by atoms with E-state index >= 15 is 0 Å². The first-order valence-corrected chi connectivity index (χ1v) is 10.6. The largest absolute Gasteiger partial charge is 0.300 e. The van der Waals surface area contributed by atoms with Crippen LogP contribution in [0.3, 0.4) is 0 Å². The number of carbonyl (C=O) groups excluding carboxylic acids is 2. The highest BCUT2D eigenvalue weighted by molar-refractivity contribution is 8.14. The average Bonchev–Trinajstić information content (AvgIpc) is 2.97. The van der Waals surface area contributed by atoms with Gasteiger partial charge in [-0.15, -0.1) is 0 Å². The fraction of sp³-hybridized carbons (Fsp3) is 0.190. The van der Waals surface area contributed by atoms with Gasteiger partial charge < -0.3 is 4.79 Å². The minimum absolute atomic E-state index is 0.0983. The number of hydrogen-bond donors (Lipinski definition) is 0. The van der Waals surface area contributed by atoms with E-state index in [9.17, 15) is 14.0 Å². The lowest BCUT2D eigenvalue weighted by molar-refractivity contribution is -0.117. The van der Waals surface area contributed by atoms with E-state index in [1.807, 2.05) is 0 Å². The first-order valence-electron chi connectivity index (χ1n) is 8.83. The predicted molar refractivity (Wildman–Crippen MR) is 118 cm³/mol. The number of carbonyl (C=O) groups is 2. The molecular formula is C21H17Cl2FN2O2S. The van der Waals surface area contributed by atoms with Crippen LogP contribution in [-0.4, -0.2) is 22.6 Å². The van der Waals surface area contributed by atoms with Gasteiger partial charge in [0, 0.05) is 12.2 Å². The fourth-order valence-corrected chi connectivity index (χ4v) is 3.93. The van der Waals surface area contributed by atoms with E-state index in [0.717, 1.165) is 0 Å². The summed E-state index contributed by atoms with van der Waals surface area (Å²) in [6.45, 7) is 1.53. The second-order valence-corrected chi connectivity index (χ2v) is 8.22. The second-order valence-electron chi connectivity index (χ2n) is 6.34. The summed E-state index contributed by atoms with van der Waals surface area (Å²) in [5.41, 5.74) is 0.955. The third kappa shape index (κ3) is 5.26. The Labute approximate surface area is 182 Å². The summed E-state index contributed by atoms with van der Waals surface area (Å²) in [6.07, 6.45) is 2.67. The van der Waals surface area contributed by atoms with Crippen molar-refractivity contribution in [1.29, 1.82) is 0 Å². The van der Waals surface area contributed by atoms with Crippen LogP contribution in [0.4, 0.5) is 10.1 Å². The number of thioether (sulfide) groups is 1. The Balaban J connectivity index is 1.92. The van der Waals surface area contributed by atoms with Gasteiger partial charge in [0.1, 0.15) is 17.3 Å². The molecule has 29 heavy (non-hydrogen) atoms. The van der Waals surface area contributed by atoms with Gasteiger partial charge in [0.15, 0.2) is 5.17 Å². The van der Waals surface area contributed by atoms with Gasteiger partial charge in [0.05, 0.1) is 15.7 Å². The molecule has 2 aromatic rings. The van der Waals surface area contributed by atoms with Crippen LogP contribution in [0, 0.1) is 5.82 Å². The molecule has 1 aliphatic heterocycles. The highest BCUT2D eigenvalue weighted by Crippen LogP contribution is 2.32. The maximum atomic E-state index is 14.4. The molecule has 3 rings (SSSR count). The lowest BCUT2D eigenvalue weighted by atomic mass is 10.2. The summed E-state index contributed by atoms with van der Waals surface area (Å²) in [5, 5.41) is 1.14. The number of halogens is 3. The molecule has 0 atom stereocenters. The molecule has 0 saturated heterocycles. The number of hydrogen-bond acceptors (Lipinski definition) is 4. The molecule has 0 N–H and O–H groups in total. The van der Waals surface area contributed by atoms with E-state index in [4.69, 9.17) is 23.2 Å². The van der Waals surface area contributed by atoms with E-state index in [1.165, 1.54) is 35.7 Å². The number of Topliss-reactive ketones (excluding diaryl/α,β-unsaturated/α-hetero) is 1. The summed E-state index contributed by atoms with van der Waals surface area (Å²) < 4.78 is 14.4. The second kappa shape index (κ2) is 9.57. The van der Waals surface area contributed by atoms with Crippen molar-refractivity contribution in [3.8, 4) is 0 Å². The highest BCUT2D eigenvalue weighted by Gasteiger charge is 2.33. The van der Waals surface area contributed by atoms with Crippen molar-refractivity contribution in [3.05, 3.63) is 69.6 Å². The molecule has 0 saturated carbocycles. The Hall–Kier alpha value is -2.15. The molecule has 0 spiro atoms. The van der Waals surface area contributed by atoms with Crippen LogP contribution in [0.5, 0.6) is 0 Å². The topological polar surface area (TPSA) is 49.7 Å². The maximum absolute atomic E-state index is 14.4. The van der Waals surface area contributed by atoms with E-state index in [0.29, 0.717) is 39.4 Å². The van der Waals surface area contributed by atoms with Gasteiger partial charge in [-0.1, -0.05) is 53.2 Å². The van der Waals surface area contributed by atoms with Gasteiger partial charge in [-0.2, -0.15) is 0 Å². The summed E-state index contributed by atoms with van der Waals surface area (Å²) in [5.74, 6) is -0.276. The number of para-hydroxylation sites is 1. The van der Waals surface area contributed by atoms with Gasteiger partial charge in [0.2, 0.25) is 0 Å². The number of anilines is 1. The number of benzene rings is 2. The Morgan fingerprint density at radius 1 is 1.21 bits per heavy atom. The highest BCUT2D eigenvalue weighted by atomic mass is 35.5.